The summed E-state index contributed by atoms with van der Waals surface area (Å²) in [5, 5.41) is 0. The average Bonchev–Trinajstić information content (AvgIpc) is 2.45. The monoisotopic (exact) mass is 213 g/mol. The fourth-order valence-corrected chi connectivity index (χ4v) is 1.95. The van der Waals surface area contributed by atoms with Crippen molar-refractivity contribution >= 4 is 15.3 Å². The van der Waals surface area contributed by atoms with Gasteiger partial charge in [0.1, 0.15) is 0 Å². The van der Waals surface area contributed by atoms with Crippen LogP contribution in [0.25, 0.3) is 4.85 Å². The second-order valence-electron chi connectivity index (χ2n) is 3.75. The summed E-state index contributed by atoms with van der Waals surface area (Å²) in [6.45, 7) is 9.38. The summed E-state index contributed by atoms with van der Waals surface area (Å²) in [6, 6.07) is 0.214. The number of rotatable bonds is 2. The van der Waals surface area contributed by atoms with Crippen LogP contribution >= 0.6 is 9.39 Å². The maximum atomic E-state index is 11.8. The lowest BCUT2D eigenvalue weighted by Crippen LogP contribution is -2.42. The molecule has 1 fully saturated rings. The Morgan fingerprint density at radius 1 is 1.71 bits per heavy atom. The van der Waals surface area contributed by atoms with Gasteiger partial charge < -0.3 is 0 Å². The summed E-state index contributed by atoms with van der Waals surface area (Å²) in [7, 11) is 4.29. The first kappa shape index (κ1) is 11.4. The van der Waals surface area contributed by atoms with Crippen molar-refractivity contribution in [1.29, 1.82) is 0 Å². The molecule has 0 bridgehead atoms. The van der Waals surface area contributed by atoms with E-state index in [4.69, 9.17) is 6.57 Å². The first-order valence-electron chi connectivity index (χ1n) is 4.69. The van der Waals surface area contributed by atoms with Gasteiger partial charge in [0.15, 0.2) is 0 Å². The first-order valence-corrected chi connectivity index (χ1v) is 5.21. The molecule has 4 nitrogen and oxygen atoms in total. The summed E-state index contributed by atoms with van der Waals surface area (Å²) in [6.07, 6.45) is 1.53. The Morgan fingerprint density at radius 2 is 2.36 bits per heavy atom. The Morgan fingerprint density at radius 3 is 2.86 bits per heavy atom. The molecular weight excluding hydrogens is 197 g/mol. The van der Waals surface area contributed by atoms with E-state index in [2.05, 4.69) is 14.2 Å². The third kappa shape index (κ3) is 2.43. The molecule has 1 rings (SSSR count). The van der Waals surface area contributed by atoms with Crippen LogP contribution in [0.15, 0.2) is 0 Å². The fourth-order valence-electron chi connectivity index (χ4n) is 1.80. The molecule has 0 radical (unpaired) electrons. The van der Waals surface area contributed by atoms with Gasteiger partial charge in [0.2, 0.25) is 5.91 Å². The molecule has 1 heterocycles. The number of likely N-dealkylation sites (tertiary alicyclic amines) is 1. The van der Waals surface area contributed by atoms with E-state index >= 15 is 0 Å². The highest BCUT2D eigenvalue weighted by Gasteiger charge is 2.38. The van der Waals surface area contributed by atoms with Crippen molar-refractivity contribution in [2.45, 2.75) is 32.0 Å². The second kappa shape index (κ2) is 4.72. The van der Waals surface area contributed by atoms with Gasteiger partial charge in [0.05, 0.1) is 6.54 Å². The topological polar surface area (TPSA) is 27.9 Å². The third-order valence-electron chi connectivity index (χ3n) is 2.46. The smallest absolute Gasteiger partial charge is 0.290 e. The second-order valence-corrected chi connectivity index (χ2v) is 4.63. The van der Waals surface area contributed by atoms with E-state index in [9.17, 15) is 4.79 Å². The lowest BCUT2D eigenvalue weighted by atomic mass is 10.2. The summed E-state index contributed by atoms with van der Waals surface area (Å²) in [5.74, 6) is 0.0495. The number of nitrogens with zero attached hydrogens (tertiary/aromatic N) is 3. The van der Waals surface area contributed by atoms with Crippen LogP contribution in [0, 0.1) is 6.57 Å². The molecule has 3 atom stereocenters. The zero-order chi connectivity index (χ0) is 10.7. The van der Waals surface area contributed by atoms with Crippen LogP contribution in [0.5, 0.6) is 0 Å². The van der Waals surface area contributed by atoms with E-state index in [-0.39, 0.29) is 18.1 Å². The Bertz CT molecular complexity index is 261. The maximum Gasteiger partial charge on any atom is 0.300 e. The van der Waals surface area contributed by atoms with Crippen molar-refractivity contribution in [1.82, 2.24) is 9.57 Å². The molecule has 1 aliphatic rings. The highest BCUT2D eigenvalue weighted by Crippen LogP contribution is 2.24. The van der Waals surface area contributed by atoms with E-state index in [0.29, 0.717) is 6.54 Å². The number of carbonyl (C=O) groups is 1. The number of amides is 1. The van der Waals surface area contributed by atoms with E-state index in [1.165, 1.54) is 0 Å². The van der Waals surface area contributed by atoms with Crippen molar-refractivity contribution in [2.24, 2.45) is 0 Å². The Hall–Kier alpha value is -0.650. The predicted octanol–water partition coefficient (Wildman–Crippen LogP) is 0.965. The molecule has 0 N–H and O–H groups in total. The molecule has 0 aromatic heterocycles. The summed E-state index contributed by atoms with van der Waals surface area (Å²) in [5.41, 5.74) is 0. The van der Waals surface area contributed by atoms with E-state index < -0.39 is 0 Å². The van der Waals surface area contributed by atoms with E-state index in [0.717, 1.165) is 12.8 Å². The molecule has 1 saturated heterocycles. The Balaban J connectivity index is 2.65. The minimum absolute atomic E-state index is 0.0495. The Labute approximate surface area is 87.3 Å². The molecule has 1 aliphatic heterocycles. The number of hydrogen-bond acceptors (Lipinski definition) is 2. The molecule has 0 aliphatic carbocycles. The van der Waals surface area contributed by atoms with Crippen LogP contribution in [0.4, 0.5) is 0 Å². The van der Waals surface area contributed by atoms with Crippen LogP contribution < -0.4 is 0 Å². The van der Waals surface area contributed by atoms with E-state index in [1.807, 2.05) is 14.0 Å². The van der Waals surface area contributed by atoms with Gasteiger partial charge in [-0.1, -0.05) is 9.39 Å². The highest BCUT2D eigenvalue weighted by atomic mass is 31.0. The minimum atomic E-state index is -0.234. The highest BCUT2D eigenvalue weighted by molar-refractivity contribution is 7.13. The fraction of sp³-hybridized carbons (Fsp3) is 0.778. The predicted molar refractivity (Wildman–Crippen MR) is 58.3 cm³/mol. The normalized spacial score (nSPS) is 26.6. The average molecular weight is 213 g/mol. The SMILES string of the molecule is [C-]#[N+]C1CCC(C)N1C(=O)CN(C)P. The molecule has 0 aromatic rings. The Kier molecular flexibility index (Phi) is 3.86. The van der Waals surface area contributed by atoms with Gasteiger partial charge >= 0.3 is 6.17 Å². The van der Waals surface area contributed by atoms with Crippen LogP contribution in [-0.4, -0.2) is 41.3 Å². The first-order chi connectivity index (χ1) is 6.56. The van der Waals surface area contributed by atoms with Crippen molar-refractivity contribution in [3.63, 3.8) is 0 Å². The van der Waals surface area contributed by atoms with Crippen LogP contribution in [0.1, 0.15) is 19.8 Å². The van der Waals surface area contributed by atoms with Crippen molar-refractivity contribution in [2.75, 3.05) is 13.6 Å². The van der Waals surface area contributed by atoms with Gasteiger partial charge in [0.25, 0.3) is 0 Å². The van der Waals surface area contributed by atoms with Gasteiger partial charge in [-0.3, -0.25) is 19.2 Å². The number of likely N-dealkylation sites (N-methyl/N-ethyl adjacent to an activating group) is 1. The molecule has 1 amide bonds. The molecule has 0 spiro atoms. The number of hydrogen-bond donors (Lipinski definition) is 0. The number of carbonyl (C=O) groups excluding carboxylic acids is 1. The molecule has 0 saturated carbocycles. The minimum Gasteiger partial charge on any atom is -0.290 e. The van der Waals surface area contributed by atoms with E-state index in [1.54, 1.807) is 9.57 Å². The van der Waals surface area contributed by atoms with Gasteiger partial charge in [-0.2, -0.15) is 0 Å². The lowest BCUT2D eigenvalue weighted by molar-refractivity contribution is -0.132. The standard InChI is InChI=1S/C9H16N3OP/c1-7-4-5-8(10-2)12(7)9(13)6-11(3)14/h7-8H,4-6,14H2,1,3H3. The summed E-state index contributed by atoms with van der Waals surface area (Å²) >= 11 is 0. The molecule has 5 heteroatoms. The van der Waals surface area contributed by atoms with Gasteiger partial charge in [-0.25, -0.2) is 6.57 Å². The lowest BCUT2D eigenvalue weighted by Gasteiger charge is -2.23. The van der Waals surface area contributed by atoms with Crippen LogP contribution in [-0.2, 0) is 4.79 Å². The third-order valence-corrected chi connectivity index (χ3v) is 2.64. The summed E-state index contributed by atoms with van der Waals surface area (Å²) < 4.78 is 1.76. The zero-order valence-electron chi connectivity index (χ0n) is 8.60. The van der Waals surface area contributed by atoms with Gasteiger partial charge in [0, 0.05) is 12.5 Å². The molecule has 3 unspecified atom stereocenters. The van der Waals surface area contributed by atoms with Crippen LogP contribution in [0.2, 0.25) is 0 Å². The van der Waals surface area contributed by atoms with Gasteiger partial charge in [-0.05, 0) is 20.4 Å². The van der Waals surface area contributed by atoms with Gasteiger partial charge in [-0.15, -0.1) is 0 Å². The van der Waals surface area contributed by atoms with Crippen molar-refractivity contribution < 1.29 is 4.79 Å². The van der Waals surface area contributed by atoms with Crippen LogP contribution in [0.3, 0.4) is 0 Å². The molecular formula is C9H16N3OP. The zero-order valence-corrected chi connectivity index (χ0v) is 9.76. The van der Waals surface area contributed by atoms with Crippen molar-refractivity contribution in [3.8, 4) is 0 Å². The van der Waals surface area contributed by atoms with Crippen molar-refractivity contribution in [3.05, 3.63) is 11.4 Å². The molecule has 14 heavy (non-hydrogen) atoms. The largest absolute Gasteiger partial charge is 0.300 e. The quantitative estimate of drug-likeness (QED) is 0.505. The maximum absolute atomic E-state index is 11.8. The summed E-state index contributed by atoms with van der Waals surface area (Å²) in [4.78, 5) is 17.0. The molecule has 0 aromatic carbocycles. The molecule has 78 valence electrons.